The second-order valence-corrected chi connectivity index (χ2v) is 3.66. The van der Waals surface area contributed by atoms with Crippen LogP contribution in [0.3, 0.4) is 0 Å². The zero-order valence-corrected chi connectivity index (χ0v) is 8.11. The fourth-order valence-corrected chi connectivity index (χ4v) is 2.34. The quantitative estimate of drug-likeness (QED) is 0.526. The third-order valence-electron chi connectivity index (χ3n) is 3.02. The van der Waals surface area contributed by atoms with E-state index >= 15 is 0 Å². The topological polar surface area (TPSA) is 0 Å². The Morgan fingerprint density at radius 2 is 2.09 bits per heavy atom. The first-order chi connectivity index (χ1) is 5.29. The summed E-state index contributed by atoms with van der Waals surface area (Å²) < 4.78 is 0. The van der Waals surface area contributed by atoms with Crippen molar-refractivity contribution in [3.05, 3.63) is 11.1 Å². The SMILES string of the molecule is CCC1=C(C)CCCC1CC. The summed E-state index contributed by atoms with van der Waals surface area (Å²) in [5, 5.41) is 0. The van der Waals surface area contributed by atoms with E-state index in [1.165, 1.54) is 32.1 Å². The third kappa shape index (κ3) is 1.85. The minimum Gasteiger partial charge on any atom is -0.0739 e. The predicted molar refractivity (Wildman–Crippen MR) is 50.6 cm³/mol. The molecule has 0 radical (unpaired) electrons. The molecule has 0 aromatic carbocycles. The van der Waals surface area contributed by atoms with Gasteiger partial charge in [-0.25, -0.2) is 0 Å². The largest absolute Gasteiger partial charge is 0.0739 e. The van der Waals surface area contributed by atoms with Crippen molar-refractivity contribution in [2.45, 2.75) is 52.9 Å². The highest BCUT2D eigenvalue weighted by Crippen LogP contribution is 2.33. The number of hydrogen-bond acceptors (Lipinski definition) is 0. The summed E-state index contributed by atoms with van der Waals surface area (Å²) in [5.74, 6) is 0.925. The molecule has 0 nitrogen and oxygen atoms in total. The van der Waals surface area contributed by atoms with Gasteiger partial charge >= 0.3 is 0 Å². The summed E-state index contributed by atoms with van der Waals surface area (Å²) in [4.78, 5) is 0. The molecular weight excluding hydrogens is 132 g/mol. The first kappa shape index (κ1) is 8.83. The highest BCUT2D eigenvalue weighted by Gasteiger charge is 2.17. The molecule has 1 aliphatic carbocycles. The fraction of sp³-hybridized carbons (Fsp3) is 0.818. The Morgan fingerprint density at radius 3 is 2.55 bits per heavy atom. The molecule has 0 saturated heterocycles. The molecule has 0 spiro atoms. The van der Waals surface area contributed by atoms with E-state index in [9.17, 15) is 0 Å². The maximum atomic E-state index is 2.32. The Kier molecular flexibility index (Phi) is 3.16. The molecule has 0 aliphatic heterocycles. The van der Waals surface area contributed by atoms with Crippen LogP contribution in [0.15, 0.2) is 11.1 Å². The van der Waals surface area contributed by atoms with Crippen LogP contribution in [0.5, 0.6) is 0 Å². The van der Waals surface area contributed by atoms with E-state index < -0.39 is 0 Å². The monoisotopic (exact) mass is 152 g/mol. The Balaban J connectivity index is 2.73. The van der Waals surface area contributed by atoms with Crippen LogP contribution >= 0.6 is 0 Å². The highest BCUT2D eigenvalue weighted by atomic mass is 14.2. The van der Waals surface area contributed by atoms with Crippen molar-refractivity contribution in [1.29, 1.82) is 0 Å². The molecule has 11 heavy (non-hydrogen) atoms. The third-order valence-corrected chi connectivity index (χ3v) is 3.02. The molecule has 1 aliphatic rings. The van der Waals surface area contributed by atoms with E-state index in [4.69, 9.17) is 0 Å². The van der Waals surface area contributed by atoms with Crippen molar-refractivity contribution >= 4 is 0 Å². The number of hydrogen-bond donors (Lipinski definition) is 0. The van der Waals surface area contributed by atoms with Crippen LogP contribution in [0.25, 0.3) is 0 Å². The molecular formula is C11H20. The molecule has 1 rings (SSSR count). The Bertz CT molecular complexity index is 153. The summed E-state index contributed by atoms with van der Waals surface area (Å²) in [5.41, 5.74) is 3.45. The van der Waals surface area contributed by atoms with Crippen LogP contribution in [-0.2, 0) is 0 Å². The van der Waals surface area contributed by atoms with Crippen LogP contribution in [0, 0.1) is 5.92 Å². The van der Waals surface area contributed by atoms with E-state index in [1.54, 1.807) is 11.1 Å². The predicted octanol–water partition coefficient (Wildman–Crippen LogP) is 3.92. The lowest BCUT2D eigenvalue weighted by molar-refractivity contribution is 0.472. The summed E-state index contributed by atoms with van der Waals surface area (Å²) >= 11 is 0. The minimum absolute atomic E-state index is 0.925. The minimum atomic E-state index is 0.925. The van der Waals surface area contributed by atoms with Gasteiger partial charge in [0, 0.05) is 0 Å². The number of rotatable bonds is 2. The standard InChI is InChI=1S/C11H20/c1-4-10-8-6-7-9(3)11(10)5-2/h10H,4-8H2,1-3H3. The molecule has 0 saturated carbocycles. The van der Waals surface area contributed by atoms with Crippen LogP contribution < -0.4 is 0 Å². The van der Waals surface area contributed by atoms with Crippen molar-refractivity contribution < 1.29 is 0 Å². The van der Waals surface area contributed by atoms with E-state index in [-0.39, 0.29) is 0 Å². The van der Waals surface area contributed by atoms with Crippen molar-refractivity contribution in [2.24, 2.45) is 5.92 Å². The van der Waals surface area contributed by atoms with Crippen LogP contribution in [0.4, 0.5) is 0 Å². The highest BCUT2D eigenvalue weighted by molar-refractivity contribution is 5.17. The van der Waals surface area contributed by atoms with Crippen LogP contribution in [-0.4, -0.2) is 0 Å². The van der Waals surface area contributed by atoms with E-state index in [1.807, 2.05) is 0 Å². The maximum absolute atomic E-state index is 2.32. The first-order valence-corrected chi connectivity index (χ1v) is 4.98. The van der Waals surface area contributed by atoms with Gasteiger partial charge in [-0.1, -0.05) is 25.0 Å². The Morgan fingerprint density at radius 1 is 1.36 bits per heavy atom. The van der Waals surface area contributed by atoms with Crippen LogP contribution in [0.2, 0.25) is 0 Å². The van der Waals surface area contributed by atoms with Gasteiger partial charge < -0.3 is 0 Å². The number of allylic oxidation sites excluding steroid dienone is 2. The molecule has 0 aromatic rings. The summed E-state index contributed by atoms with van der Waals surface area (Å²) in [6.45, 7) is 6.94. The van der Waals surface area contributed by atoms with Gasteiger partial charge in [0.25, 0.3) is 0 Å². The van der Waals surface area contributed by atoms with E-state index in [0.29, 0.717) is 0 Å². The normalized spacial score (nSPS) is 25.9. The first-order valence-electron chi connectivity index (χ1n) is 4.98. The Labute approximate surface area is 70.7 Å². The molecule has 64 valence electrons. The van der Waals surface area contributed by atoms with Gasteiger partial charge in [0.15, 0.2) is 0 Å². The average Bonchev–Trinajstić information content (AvgIpc) is 2.04. The van der Waals surface area contributed by atoms with Gasteiger partial charge in [-0.05, 0) is 44.9 Å². The molecule has 0 amide bonds. The van der Waals surface area contributed by atoms with Gasteiger partial charge in [-0.15, -0.1) is 0 Å². The van der Waals surface area contributed by atoms with Crippen molar-refractivity contribution in [3.63, 3.8) is 0 Å². The Hall–Kier alpha value is -0.260. The molecule has 1 atom stereocenters. The molecule has 0 fully saturated rings. The zero-order valence-electron chi connectivity index (χ0n) is 8.11. The summed E-state index contributed by atoms with van der Waals surface area (Å²) in [7, 11) is 0. The molecule has 0 N–H and O–H groups in total. The molecule has 1 unspecified atom stereocenters. The zero-order chi connectivity index (χ0) is 8.27. The van der Waals surface area contributed by atoms with Crippen molar-refractivity contribution in [2.75, 3.05) is 0 Å². The lowest BCUT2D eigenvalue weighted by Crippen LogP contribution is -2.09. The van der Waals surface area contributed by atoms with Crippen molar-refractivity contribution in [3.8, 4) is 0 Å². The molecule has 0 aromatic heterocycles. The van der Waals surface area contributed by atoms with E-state index in [0.717, 1.165) is 5.92 Å². The molecule has 0 bridgehead atoms. The summed E-state index contributed by atoms with van der Waals surface area (Å²) in [6, 6.07) is 0. The molecule has 0 heteroatoms. The lowest BCUT2D eigenvalue weighted by atomic mass is 9.81. The average molecular weight is 152 g/mol. The summed E-state index contributed by atoms with van der Waals surface area (Å²) in [6.07, 6.45) is 6.86. The van der Waals surface area contributed by atoms with Gasteiger partial charge in [0.2, 0.25) is 0 Å². The smallest absolute Gasteiger partial charge is 0.0203 e. The van der Waals surface area contributed by atoms with Gasteiger partial charge in [-0.2, -0.15) is 0 Å². The van der Waals surface area contributed by atoms with Crippen molar-refractivity contribution in [1.82, 2.24) is 0 Å². The van der Waals surface area contributed by atoms with Gasteiger partial charge in [-0.3, -0.25) is 0 Å². The van der Waals surface area contributed by atoms with E-state index in [2.05, 4.69) is 20.8 Å². The second-order valence-electron chi connectivity index (χ2n) is 3.66. The lowest BCUT2D eigenvalue weighted by Gasteiger charge is -2.25. The van der Waals surface area contributed by atoms with Gasteiger partial charge in [0.05, 0.1) is 0 Å². The van der Waals surface area contributed by atoms with Gasteiger partial charge in [0.1, 0.15) is 0 Å². The van der Waals surface area contributed by atoms with Crippen LogP contribution in [0.1, 0.15) is 52.9 Å². The fourth-order valence-electron chi connectivity index (χ4n) is 2.34. The second kappa shape index (κ2) is 3.94. The molecule has 0 heterocycles. The maximum Gasteiger partial charge on any atom is -0.0203 e.